The molecule has 9 heavy (non-hydrogen) atoms. The highest BCUT2D eigenvalue weighted by Crippen LogP contribution is 1.93. The van der Waals surface area contributed by atoms with Crippen LogP contribution in [0.4, 0.5) is 0 Å². The maximum absolute atomic E-state index is 5.20. The first-order chi connectivity index (χ1) is 4.43. The van der Waals surface area contributed by atoms with E-state index in [0.717, 1.165) is 12.1 Å². The maximum Gasteiger partial charge on any atom is 0.0441 e. The topological polar surface area (TPSA) is 12.9 Å². The Labute approximate surface area is 55.1 Å². The molecule has 0 N–H and O–H groups in total. The molecule has 0 aliphatic heterocycles. The third kappa shape index (κ3) is 1.68. The van der Waals surface area contributed by atoms with Crippen LogP contribution in [0.15, 0.2) is 30.5 Å². The molecule has 0 amide bonds. The molecule has 1 radical (unpaired) electrons. The Bertz CT molecular complexity index is 179. The summed E-state index contributed by atoms with van der Waals surface area (Å²) in [6, 6.07) is 5.79. The Balaban J connectivity index is 2.72. The highest BCUT2D eigenvalue weighted by molar-refractivity contribution is 5.05. The first-order valence-electron chi connectivity index (χ1n) is 2.87. The molecule has 1 aromatic heterocycles. The minimum absolute atomic E-state index is 0.751. The molecule has 0 fully saturated rings. The van der Waals surface area contributed by atoms with E-state index in [4.69, 9.17) is 6.58 Å². The molecule has 1 heteroatoms. The molecular weight excluding hydrogens is 110 g/mol. The fourth-order valence-corrected chi connectivity index (χ4v) is 0.640. The Morgan fingerprint density at radius 2 is 2.44 bits per heavy atom. The number of hydrogen-bond acceptors (Lipinski definition) is 1. The van der Waals surface area contributed by atoms with Crippen molar-refractivity contribution in [2.75, 3.05) is 0 Å². The minimum atomic E-state index is 0.751. The third-order valence-electron chi connectivity index (χ3n) is 1.05. The number of rotatable bonds is 2. The standard InChI is InChI=1S/C8H8N/c1-2-5-8-6-3-4-7-9-8/h1-4,6-7H,5H2. The summed E-state index contributed by atoms with van der Waals surface area (Å²) in [6.07, 6.45) is 4.11. The molecule has 0 aliphatic rings. The number of hydrogen-bond donors (Lipinski definition) is 0. The summed E-state index contributed by atoms with van der Waals surface area (Å²) in [4.78, 5) is 4.06. The smallest absolute Gasteiger partial charge is 0.0441 e. The molecule has 1 aromatic rings. The van der Waals surface area contributed by atoms with Crippen molar-refractivity contribution in [1.82, 2.24) is 4.98 Å². The molecule has 0 saturated heterocycles. The Morgan fingerprint density at radius 3 is 3.00 bits per heavy atom. The lowest BCUT2D eigenvalue weighted by Crippen LogP contribution is -1.82. The van der Waals surface area contributed by atoms with Crippen LogP contribution in [0, 0.1) is 6.58 Å². The lowest BCUT2D eigenvalue weighted by Gasteiger charge is -1.90. The molecule has 0 unspecified atom stereocenters. The summed E-state index contributed by atoms with van der Waals surface area (Å²) in [6.45, 7) is 5.20. The van der Waals surface area contributed by atoms with Crippen LogP contribution < -0.4 is 0 Å². The molecule has 0 spiro atoms. The molecule has 1 rings (SSSR count). The largest absolute Gasteiger partial charge is 0.261 e. The van der Waals surface area contributed by atoms with Gasteiger partial charge in [0.2, 0.25) is 0 Å². The van der Waals surface area contributed by atoms with Crippen LogP contribution in [-0.4, -0.2) is 4.98 Å². The van der Waals surface area contributed by atoms with Crippen molar-refractivity contribution >= 4 is 0 Å². The zero-order chi connectivity index (χ0) is 6.53. The lowest BCUT2D eigenvalue weighted by atomic mass is 10.3. The van der Waals surface area contributed by atoms with Gasteiger partial charge >= 0.3 is 0 Å². The third-order valence-corrected chi connectivity index (χ3v) is 1.05. The first kappa shape index (κ1) is 6.02. The van der Waals surface area contributed by atoms with Crippen molar-refractivity contribution in [3.05, 3.63) is 42.7 Å². The van der Waals surface area contributed by atoms with E-state index in [9.17, 15) is 0 Å². The minimum Gasteiger partial charge on any atom is -0.261 e. The zero-order valence-corrected chi connectivity index (χ0v) is 5.12. The van der Waals surface area contributed by atoms with Crippen LogP contribution in [0.1, 0.15) is 5.69 Å². The number of nitrogens with zero attached hydrogens (tertiary/aromatic N) is 1. The average molecular weight is 118 g/mol. The Morgan fingerprint density at radius 1 is 1.56 bits per heavy atom. The van der Waals surface area contributed by atoms with Crippen molar-refractivity contribution in [3.63, 3.8) is 0 Å². The van der Waals surface area contributed by atoms with Gasteiger partial charge < -0.3 is 0 Å². The van der Waals surface area contributed by atoms with Crippen LogP contribution >= 0.6 is 0 Å². The molecule has 0 aliphatic carbocycles. The van der Waals surface area contributed by atoms with E-state index in [1.54, 1.807) is 12.3 Å². The lowest BCUT2D eigenvalue weighted by molar-refractivity contribution is 1.11. The van der Waals surface area contributed by atoms with E-state index < -0.39 is 0 Å². The van der Waals surface area contributed by atoms with Crippen LogP contribution in [0.3, 0.4) is 0 Å². The van der Waals surface area contributed by atoms with Crippen molar-refractivity contribution < 1.29 is 0 Å². The summed E-state index contributed by atoms with van der Waals surface area (Å²) < 4.78 is 0. The van der Waals surface area contributed by atoms with Gasteiger partial charge in [0, 0.05) is 18.3 Å². The predicted molar refractivity (Wildman–Crippen MR) is 36.8 cm³/mol. The van der Waals surface area contributed by atoms with Gasteiger partial charge in [-0.05, 0) is 12.1 Å². The molecule has 45 valence electrons. The SMILES string of the molecule is [CH]=CCc1ccccn1. The molecule has 0 atom stereocenters. The molecule has 0 aromatic carbocycles. The van der Waals surface area contributed by atoms with Crippen LogP contribution in [-0.2, 0) is 6.42 Å². The first-order valence-corrected chi connectivity index (χ1v) is 2.87. The summed E-state index contributed by atoms with van der Waals surface area (Å²) >= 11 is 0. The van der Waals surface area contributed by atoms with Gasteiger partial charge in [0.25, 0.3) is 0 Å². The molecule has 0 bridgehead atoms. The molecular formula is C8H8N. The van der Waals surface area contributed by atoms with Gasteiger partial charge in [-0.1, -0.05) is 18.7 Å². The summed E-state index contributed by atoms with van der Waals surface area (Å²) in [5.74, 6) is 0. The molecule has 1 nitrogen and oxygen atoms in total. The number of aromatic nitrogens is 1. The zero-order valence-electron chi connectivity index (χ0n) is 5.12. The fraction of sp³-hybridized carbons (Fsp3) is 0.125. The normalized spacial score (nSPS) is 8.89. The number of pyridine rings is 1. The van der Waals surface area contributed by atoms with Crippen molar-refractivity contribution in [2.45, 2.75) is 6.42 Å². The summed E-state index contributed by atoms with van der Waals surface area (Å²) in [7, 11) is 0. The average Bonchev–Trinajstić information content (AvgIpc) is 1.91. The maximum atomic E-state index is 5.20. The Kier molecular flexibility index (Phi) is 2.02. The van der Waals surface area contributed by atoms with Gasteiger partial charge in [-0.3, -0.25) is 4.98 Å². The van der Waals surface area contributed by atoms with E-state index in [-0.39, 0.29) is 0 Å². The highest BCUT2D eigenvalue weighted by atomic mass is 14.7. The van der Waals surface area contributed by atoms with Gasteiger partial charge in [0.1, 0.15) is 0 Å². The monoisotopic (exact) mass is 118 g/mol. The van der Waals surface area contributed by atoms with Gasteiger partial charge in [0.05, 0.1) is 0 Å². The fourth-order valence-electron chi connectivity index (χ4n) is 0.640. The molecule has 1 heterocycles. The van der Waals surface area contributed by atoms with Crippen molar-refractivity contribution in [2.24, 2.45) is 0 Å². The van der Waals surface area contributed by atoms with Gasteiger partial charge in [-0.2, -0.15) is 0 Å². The number of allylic oxidation sites excluding steroid dienone is 1. The molecule has 0 saturated carbocycles. The van der Waals surface area contributed by atoms with E-state index in [1.807, 2.05) is 18.2 Å². The van der Waals surface area contributed by atoms with E-state index >= 15 is 0 Å². The summed E-state index contributed by atoms with van der Waals surface area (Å²) in [5, 5.41) is 0. The Hall–Kier alpha value is -1.11. The predicted octanol–water partition coefficient (Wildman–Crippen LogP) is 1.61. The van der Waals surface area contributed by atoms with E-state index in [0.29, 0.717) is 0 Å². The second kappa shape index (κ2) is 3.02. The van der Waals surface area contributed by atoms with Crippen molar-refractivity contribution in [3.8, 4) is 0 Å². The van der Waals surface area contributed by atoms with Gasteiger partial charge in [-0.25, -0.2) is 0 Å². The van der Waals surface area contributed by atoms with Gasteiger partial charge in [-0.15, -0.1) is 0 Å². The quantitative estimate of drug-likeness (QED) is 0.575. The second-order valence-electron chi connectivity index (χ2n) is 1.76. The summed E-state index contributed by atoms with van der Waals surface area (Å²) in [5.41, 5.74) is 1.01. The van der Waals surface area contributed by atoms with Crippen LogP contribution in [0.2, 0.25) is 0 Å². The van der Waals surface area contributed by atoms with E-state index in [1.165, 1.54) is 0 Å². The van der Waals surface area contributed by atoms with Crippen LogP contribution in [0.25, 0.3) is 0 Å². The second-order valence-corrected chi connectivity index (χ2v) is 1.76. The highest BCUT2D eigenvalue weighted by Gasteiger charge is 1.83. The van der Waals surface area contributed by atoms with Gasteiger partial charge in [0.15, 0.2) is 0 Å². The van der Waals surface area contributed by atoms with Crippen molar-refractivity contribution in [1.29, 1.82) is 0 Å². The van der Waals surface area contributed by atoms with Crippen LogP contribution in [0.5, 0.6) is 0 Å². The van der Waals surface area contributed by atoms with E-state index in [2.05, 4.69) is 4.98 Å².